The third-order valence-corrected chi connectivity index (χ3v) is 13.4. The van der Waals surface area contributed by atoms with E-state index in [1.54, 1.807) is 45.6 Å². The van der Waals surface area contributed by atoms with Gasteiger partial charge in [-0.3, -0.25) is 43.2 Å². The van der Waals surface area contributed by atoms with Crippen molar-refractivity contribution in [3.8, 4) is 0 Å². The first-order valence-electron chi connectivity index (χ1n) is 28.2. The zero-order valence-corrected chi connectivity index (χ0v) is 47.7. The molecular formula is C53H87N21O9. The summed E-state index contributed by atoms with van der Waals surface area (Å²) in [4.78, 5) is 147. The number of hydrogen-bond acceptors (Lipinski definition) is 17. The molecule has 9 amide bonds. The number of nitrogens with two attached hydrogens (primary N) is 5. The van der Waals surface area contributed by atoms with Crippen LogP contribution < -0.4 is 71.2 Å². The van der Waals surface area contributed by atoms with Crippen LogP contribution in [0.2, 0.25) is 0 Å². The molecule has 4 aromatic heterocycles. The van der Waals surface area contributed by atoms with Crippen molar-refractivity contribution in [2.45, 2.75) is 172 Å². The van der Waals surface area contributed by atoms with Gasteiger partial charge in [0.05, 0.1) is 72.3 Å². The maximum Gasteiger partial charge on any atom is 0.243 e. The van der Waals surface area contributed by atoms with Crippen LogP contribution in [-0.2, 0) is 68.8 Å². The molecule has 4 aromatic rings. The average molecular weight is 1160 g/mol. The highest BCUT2D eigenvalue weighted by atomic mass is 16.2. The highest BCUT2D eigenvalue weighted by molar-refractivity contribution is 5.93. The lowest BCUT2D eigenvalue weighted by Gasteiger charge is -2.25. The second-order valence-corrected chi connectivity index (χ2v) is 21.5. The molecule has 0 aromatic carbocycles. The molecule has 0 bridgehead atoms. The predicted octanol–water partition coefficient (Wildman–Crippen LogP) is -3.22. The fourth-order valence-corrected chi connectivity index (χ4v) is 8.43. The maximum absolute atomic E-state index is 14.3. The van der Waals surface area contributed by atoms with E-state index in [2.05, 4.69) is 82.4 Å². The Balaban J connectivity index is 1.41. The van der Waals surface area contributed by atoms with Crippen LogP contribution in [0.25, 0.3) is 0 Å². The van der Waals surface area contributed by atoms with E-state index in [1.807, 2.05) is 0 Å². The van der Waals surface area contributed by atoms with E-state index in [0.29, 0.717) is 74.1 Å². The zero-order chi connectivity index (χ0) is 60.7. The van der Waals surface area contributed by atoms with E-state index < -0.39 is 89.2 Å². The van der Waals surface area contributed by atoms with Crippen LogP contribution in [0, 0.1) is 5.41 Å². The minimum absolute atomic E-state index is 0.0644. The van der Waals surface area contributed by atoms with Crippen LogP contribution in [0.5, 0.6) is 0 Å². The molecule has 30 nitrogen and oxygen atoms in total. The van der Waals surface area contributed by atoms with Crippen molar-refractivity contribution < 1.29 is 43.2 Å². The molecule has 30 heteroatoms. The smallest absolute Gasteiger partial charge is 0.243 e. The summed E-state index contributed by atoms with van der Waals surface area (Å²) in [5.41, 5.74) is 31.8. The van der Waals surface area contributed by atoms with Gasteiger partial charge >= 0.3 is 0 Å². The number of carbonyl (C=O) groups excluding carboxylic acids is 9. The minimum Gasteiger partial charge on any atom is -0.368 e. The summed E-state index contributed by atoms with van der Waals surface area (Å²) >= 11 is 0. The van der Waals surface area contributed by atoms with Crippen LogP contribution in [0.4, 0.5) is 0 Å². The minimum atomic E-state index is -1.17. The molecule has 4 rings (SSSR count). The van der Waals surface area contributed by atoms with E-state index in [4.69, 9.17) is 28.7 Å². The second-order valence-electron chi connectivity index (χ2n) is 21.5. The largest absolute Gasteiger partial charge is 0.368 e. The quantitative estimate of drug-likeness (QED) is 0.0195. The average Bonchev–Trinajstić information content (AvgIpc) is 4.36. The first-order valence-corrected chi connectivity index (χ1v) is 28.2. The molecule has 4 heterocycles. The fraction of sp³-hybridized carbons (Fsp3) is 0.604. The number of nitrogens with zero attached hydrogens (tertiary/aromatic N) is 4. The number of aromatic nitrogens is 8. The number of rotatable bonds is 40. The van der Waals surface area contributed by atoms with Crippen LogP contribution >= 0.6 is 0 Å². The van der Waals surface area contributed by atoms with Crippen molar-refractivity contribution >= 4 is 53.2 Å². The number of hydrogen-bond donors (Lipinski definition) is 17. The van der Waals surface area contributed by atoms with E-state index >= 15 is 0 Å². The molecule has 0 spiro atoms. The summed E-state index contributed by atoms with van der Waals surface area (Å²) < 4.78 is 0. The third-order valence-electron chi connectivity index (χ3n) is 13.4. The van der Waals surface area contributed by atoms with Crippen molar-refractivity contribution in [1.82, 2.24) is 82.4 Å². The van der Waals surface area contributed by atoms with Crippen molar-refractivity contribution in [3.05, 3.63) is 72.9 Å². The van der Waals surface area contributed by atoms with Gasteiger partial charge in [-0.25, -0.2) is 19.9 Å². The summed E-state index contributed by atoms with van der Waals surface area (Å²) in [5.74, 6) is -4.72. The first kappa shape index (κ1) is 67.4. The molecule has 83 heavy (non-hydrogen) atoms. The van der Waals surface area contributed by atoms with E-state index in [1.165, 1.54) is 25.3 Å². The van der Waals surface area contributed by atoms with E-state index in [0.717, 1.165) is 0 Å². The van der Waals surface area contributed by atoms with E-state index in [-0.39, 0.29) is 95.3 Å². The second kappa shape index (κ2) is 35.7. The number of H-pyrrole nitrogens is 4. The Bertz CT molecular complexity index is 2590. The fourth-order valence-electron chi connectivity index (χ4n) is 8.43. The van der Waals surface area contributed by atoms with E-state index in [9.17, 15) is 43.2 Å². The van der Waals surface area contributed by atoms with Gasteiger partial charge in [-0.1, -0.05) is 20.8 Å². The molecule has 0 fully saturated rings. The van der Waals surface area contributed by atoms with Gasteiger partial charge in [0.2, 0.25) is 53.2 Å². The zero-order valence-electron chi connectivity index (χ0n) is 47.7. The van der Waals surface area contributed by atoms with Gasteiger partial charge in [0.15, 0.2) is 0 Å². The summed E-state index contributed by atoms with van der Waals surface area (Å²) in [6.07, 6.45) is 16.7. The molecule has 8 unspecified atom stereocenters. The van der Waals surface area contributed by atoms with Gasteiger partial charge in [-0.2, -0.15) is 0 Å². The summed E-state index contributed by atoms with van der Waals surface area (Å²) in [5, 5.41) is 22.3. The molecule has 0 aliphatic rings. The number of primary amides is 1. The van der Waals surface area contributed by atoms with Gasteiger partial charge in [-0.05, 0) is 77.0 Å². The van der Waals surface area contributed by atoms with Crippen molar-refractivity contribution in [1.29, 1.82) is 0 Å². The predicted molar refractivity (Wildman–Crippen MR) is 305 cm³/mol. The highest BCUT2D eigenvalue weighted by Gasteiger charge is 2.30. The number of imidazole rings is 4. The lowest BCUT2D eigenvalue weighted by atomic mass is 9.94. The molecule has 0 saturated heterocycles. The van der Waals surface area contributed by atoms with Crippen molar-refractivity contribution in [3.63, 3.8) is 0 Å². The van der Waals surface area contributed by atoms with Gasteiger partial charge in [0, 0.05) is 82.1 Å². The highest BCUT2D eigenvalue weighted by Crippen LogP contribution is 2.15. The van der Waals surface area contributed by atoms with Crippen LogP contribution in [0.15, 0.2) is 50.1 Å². The molecular weight excluding hydrogens is 1070 g/mol. The Labute approximate surface area is 482 Å². The Hall–Kier alpha value is -8.09. The standard InChI is InChI=1S/C53H87N21O9/c1-53(2,3)52(83)74-40(44(58)75)12-4-8-18-66-50(81)42(73-51(82)43(72-48(79)39(57)23-35-27-62-31-70-35)15-7-10-17-64-46(77)37(55)21-33-25-60-29-68-33)14-6-11-19-65-49(80)41(71-47(78)38(56)22-34-26-61-30-69-34)13-5-9-16-63-45(76)36(54)20-32-24-59-28-67-32/h24-31,36-43H,4-23,54-57H2,1-3H3,(H2,58,75)(H,59,67)(H,60,68)(H,61,69)(H,62,70)(H,63,76)(H,64,77)(H,65,80)(H,66,81)(H,71,78)(H,72,79)(H,73,82)(H,74,83). The molecule has 0 aliphatic heterocycles. The molecule has 8 atom stereocenters. The van der Waals surface area contributed by atoms with Gasteiger partial charge < -0.3 is 91.1 Å². The SMILES string of the molecule is CC(C)(C)C(=O)NC(CCCCNC(=O)C(CCCCNC(=O)C(CCCCNC(=O)C(N)Cc1c[nH]cn1)NC(=O)C(N)Cc1c[nH]cn1)NC(=O)C(CCCCNC(=O)C(N)Cc1c[nH]cn1)NC(=O)C(N)Cc1c[nH]cn1)C(N)=O. The van der Waals surface area contributed by atoms with Crippen molar-refractivity contribution in [2.24, 2.45) is 34.1 Å². The Morgan fingerprint density at radius 1 is 0.398 bits per heavy atom. The lowest BCUT2D eigenvalue weighted by molar-refractivity contribution is -0.132. The number of unbranched alkanes of at least 4 members (excludes halogenated alkanes) is 4. The Morgan fingerprint density at radius 2 is 0.675 bits per heavy atom. The molecule has 22 N–H and O–H groups in total. The van der Waals surface area contributed by atoms with Crippen LogP contribution in [-0.4, -0.2) is 168 Å². The van der Waals surface area contributed by atoms with Gasteiger partial charge in [0.1, 0.15) is 24.2 Å². The number of aromatic amines is 4. The van der Waals surface area contributed by atoms with Gasteiger partial charge in [-0.15, -0.1) is 0 Å². The summed E-state index contributed by atoms with van der Waals surface area (Å²) in [7, 11) is 0. The molecule has 0 radical (unpaired) electrons. The molecule has 0 saturated carbocycles. The molecule has 0 aliphatic carbocycles. The Kier molecular flexibility index (Phi) is 29.0. The van der Waals surface area contributed by atoms with Crippen molar-refractivity contribution in [2.75, 3.05) is 26.2 Å². The first-order chi connectivity index (χ1) is 39.6. The molecule has 458 valence electrons. The number of nitrogens with one attached hydrogen (secondary N) is 12. The number of carbonyl (C=O) groups is 9. The van der Waals surface area contributed by atoms with Gasteiger partial charge in [0.25, 0.3) is 0 Å². The van der Waals surface area contributed by atoms with Crippen LogP contribution in [0.1, 0.15) is 121 Å². The third kappa shape index (κ3) is 25.7. The lowest BCUT2D eigenvalue weighted by Crippen LogP contribution is -2.56. The summed E-state index contributed by atoms with van der Waals surface area (Å²) in [6, 6.07) is -8.00. The summed E-state index contributed by atoms with van der Waals surface area (Å²) in [6.45, 7) is 5.85. The topological polar surface area (TPSA) is 495 Å². The number of amides is 9. The van der Waals surface area contributed by atoms with Crippen LogP contribution in [0.3, 0.4) is 0 Å². The Morgan fingerprint density at radius 3 is 0.964 bits per heavy atom. The maximum atomic E-state index is 14.3. The monoisotopic (exact) mass is 1160 g/mol. The normalized spacial score (nSPS) is 14.3.